The Hall–Kier alpha value is -0.260. The Labute approximate surface area is 69.5 Å². The maximum atomic E-state index is 10.4. The van der Waals surface area contributed by atoms with Crippen molar-refractivity contribution in [3.63, 3.8) is 0 Å². The Morgan fingerprint density at radius 3 is 2.91 bits per heavy atom. The molecule has 4 N–H and O–H groups in total. The lowest BCUT2D eigenvalue weighted by atomic mass is 10.3. The molecule has 1 heterocycles. The van der Waals surface area contributed by atoms with E-state index >= 15 is 0 Å². The Balaban J connectivity index is 2.20. The number of β-amino-alcohol motifs (C(OH)–C–C–N with tert-alkyl or cyclic N) is 1. The predicted octanol–water partition coefficient (Wildman–Crippen LogP) is -1.46. The van der Waals surface area contributed by atoms with Crippen molar-refractivity contribution in [2.45, 2.75) is 11.4 Å². The zero-order chi connectivity index (χ0) is 8.27. The van der Waals surface area contributed by atoms with Crippen LogP contribution in [-0.4, -0.2) is 41.2 Å². The van der Waals surface area contributed by atoms with Crippen LogP contribution in [-0.2, 0) is 4.79 Å². The number of thioether (sulfide) groups is 1. The molecule has 5 heteroatoms. The van der Waals surface area contributed by atoms with Gasteiger partial charge in [-0.05, 0) is 0 Å². The smallest absolute Gasteiger partial charge is 0.227 e. The second kappa shape index (κ2) is 3.94. The summed E-state index contributed by atoms with van der Waals surface area (Å²) >= 11 is 1.41. The van der Waals surface area contributed by atoms with E-state index in [0.29, 0.717) is 12.3 Å². The molecule has 0 aliphatic carbocycles. The van der Waals surface area contributed by atoms with Crippen molar-refractivity contribution in [1.82, 2.24) is 5.32 Å². The maximum Gasteiger partial charge on any atom is 0.227 e. The van der Waals surface area contributed by atoms with Crippen LogP contribution < -0.4 is 11.1 Å². The average molecular weight is 176 g/mol. The van der Waals surface area contributed by atoms with Gasteiger partial charge in [-0.2, -0.15) is 0 Å². The lowest BCUT2D eigenvalue weighted by Crippen LogP contribution is -2.23. The number of hydrogen-bond donors (Lipinski definition) is 3. The minimum Gasteiger partial charge on any atom is -0.391 e. The van der Waals surface area contributed by atoms with Gasteiger partial charge in [-0.3, -0.25) is 4.79 Å². The SMILES string of the molecule is NC(=O)CSC1CNCC1O. The highest BCUT2D eigenvalue weighted by atomic mass is 32.2. The van der Waals surface area contributed by atoms with E-state index in [1.54, 1.807) is 0 Å². The van der Waals surface area contributed by atoms with E-state index in [9.17, 15) is 9.90 Å². The van der Waals surface area contributed by atoms with Gasteiger partial charge in [-0.25, -0.2) is 0 Å². The van der Waals surface area contributed by atoms with Gasteiger partial charge in [0.2, 0.25) is 5.91 Å². The van der Waals surface area contributed by atoms with Gasteiger partial charge in [0.15, 0.2) is 0 Å². The van der Waals surface area contributed by atoms with Crippen molar-refractivity contribution in [2.75, 3.05) is 18.8 Å². The molecule has 1 fully saturated rings. The van der Waals surface area contributed by atoms with E-state index in [1.165, 1.54) is 11.8 Å². The van der Waals surface area contributed by atoms with Crippen molar-refractivity contribution in [3.05, 3.63) is 0 Å². The molecule has 0 radical (unpaired) electrons. The third-order valence-electron chi connectivity index (χ3n) is 1.57. The van der Waals surface area contributed by atoms with Crippen LogP contribution in [0.4, 0.5) is 0 Å². The summed E-state index contributed by atoms with van der Waals surface area (Å²) in [5, 5.41) is 12.4. The Kier molecular flexibility index (Phi) is 3.16. The van der Waals surface area contributed by atoms with Gasteiger partial charge < -0.3 is 16.2 Å². The van der Waals surface area contributed by atoms with Crippen LogP contribution in [0.25, 0.3) is 0 Å². The molecule has 2 unspecified atom stereocenters. The van der Waals surface area contributed by atoms with Crippen molar-refractivity contribution >= 4 is 17.7 Å². The van der Waals surface area contributed by atoms with Gasteiger partial charge in [0.1, 0.15) is 0 Å². The van der Waals surface area contributed by atoms with Crippen LogP contribution in [0.5, 0.6) is 0 Å². The first kappa shape index (κ1) is 8.83. The number of aliphatic hydroxyl groups is 1. The van der Waals surface area contributed by atoms with Crippen LogP contribution in [0.3, 0.4) is 0 Å². The van der Waals surface area contributed by atoms with Crippen LogP contribution in [0.2, 0.25) is 0 Å². The van der Waals surface area contributed by atoms with E-state index in [2.05, 4.69) is 5.32 Å². The van der Waals surface area contributed by atoms with Crippen LogP contribution in [0, 0.1) is 0 Å². The first-order chi connectivity index (χ1) is 5.20. The molecule has 4 nitrogen and oxygen atoms in total. The summed E-state index contributed by atoms with van der Waals surface area (Å²) in [4.78, 5) is 10.4. The summed E-state index contributed by atoms with van der Waals surface area (Å²) in [5.41, 5.74) is 4.95. The zero-order valence-corrected chi connectivity index (χ0v) is 6.93. The van der Waals surface area contributed by atoms with E-state index in [-0.39, 0.29) is 17.3 Å². The highest BCUT2D eigenvalue weighted by Crippen LogP contribution is 2.16. The maximum absolute atomic E-state index is 10.4. The molecule has 0 saturated carbocycles. The minimum atomic E-state index is -0.334. The molecular formula is C6H12N2O2S. The number of carbonyl (C=O) groups is 1. The van der Waals surface area contributed by atoms with Gasteiger partial charge >= 0.3 is 0 Å². The molecule has 64 valence electrons. The van der Waals surface area contributed by atoms with Crippen molar-refractivity contribution in [1.29, 1.82) is 0 Å². The van der Waals surface area contributed by atoms with Crippen molar-refractivity contribution < 1.29 is 9.90 Å². The fourth-order valence-corrected chi connectivity index (χ4v) is 1.93. The van der Waals surface area contributed by atoms with Gasteiger partial charge in [0.25, 0.3) is 0 Å². The molecule has 0 aromatic rings. The van der Waals surface area contributed by atoms with Crippen molar-refractivity contribution in [2.24, 2.45) is 5.73 Å². The standard InChI is InChI=1S/C6H12N2O2S/c7-6(10)3-11-5-2-8-1-4(5)9/h4-5,8-9H,1-3H2,(H2,7,10). The molecule has 0 aromatic heterocycles. The summed E-state index contributed by atoms with van der Waals surface area (Å²) in [6.07, 6.45) is -0.334. The number of amides is 1. The van der Waals surface area contributed by atoms with Gasteiger partial charge in [-0.15, -0.1) is 11.8 Å². The Morgan fingerprint density at radius 2 is 2.45 bits per heavy atom. The zero-order valence-electron chi connectivity index (χ0n) is 6.12. The first-order valence-corrected chi connectivity index (χ1v) is 4.53. The monoisotopic (exact) mass is 176 g/mol. The molecule has 1 amide bonds. The minimum absolute atomic E-state index is 0.127. The molecule has 1 aliphatic heterocycles. The Morgan fingerprint density at radius 1 is 1.73 bits per heavy atom. The number of hydrogen-bond acceptors (Lipinski definition) is 4. The molecule has 1 rings (SSSR count). The summed E-state index contributed by atoms with van der Waals surface area (Å²) in [5.74, 6) is -0.0299. The molecule has 2 atom stereocenters. The quantitative estimate of drug-likeness (QED) is 0.491. The largest absolute Gasteiger partial charge is 0.391 e. The highest BCUT2D eigenvalue weighted by molar-refractivity contribution is 8.00. The Bertz CT molecular complexity index is 154. The van der Waals surface area contributed by atoms with Crippen LogP contribution in [0.15, 0.2) is 0 Å². The second-order valence-electron chi connectivity index (χ2n) is 2.54. The summed E-state index contributed by atoms with van der Waals surface area (Å²) in [6, 6.07) is 0. The number of rotatable bonds is 3. The van der Waals surface area contributed by atoms with E-state index in [1.807, 2.05) is 0 Å². The fourth-order valence-electron chi connectivity index (χ4n) is 1.00. The predicted molar refractivity (Wildman–Crippen MR) is 44.3 cm³/mol. The van der Waals surface area contributed by atoms with Crippen LogP contribution >= 0.6 is 11.8 Å². The van der Waals surface area contributed by atoms with E-state index < -0.39 is 0 Å². The average Bonchev–Trinajstić information content (AvgIpc) is 2.31. The lowest BCUT2D eigenvalue weighted by Gasteiger charge is -2.10. The third kappa shape index (κ3) is 2.69. The molecule has 0 bridgehead atoms. The van der Waals surface area contributed by atoms with Gasteiger partial charge in [0, 0.05) is 18.3 Å². The second-order valence-corrected chi connectivity index (χ2v) is 3.77. The fraction of sp³-hybridized carbons (Fsp3) is 0.833. The number of carbonyl (C=O) groups excluding carboxylic acids is 1. The molecule has 0 aromatic carbocycles. The topological polar surface area (TPSA) is 75.4 Å². The van der Waals surface area contributed by atoms with Crippen LogP contribution in [0.1, 0.15) is 0 Å². The summed E-state index contributed by atoms with van der Waals surface area (Å²) in [7, 11) is 0. The number of aliphatic hydroxyl groups excluding tert-OH is 1. The highest BCUT2D eigenvalue weighted by Gasteiger charge is 2.25. The summed E-state index contributed by atoms with van der Waals surface area (Å²) < 4.78 is 0. The molecule has 0 spiro atoms. The molecule has 1 aliphatic rings. The van der Waals surface area contributed by atoms with Gasteiger partial charge in [-0.1, -0.05) is 0 Å². The molecule has 11 heavy (non-hydrogen) atoms. The van der Waals surface area contributed by atoms with Crippen molar-refractivity contribution in [3.8, 4) is 0 Å². The number of nitrogens with two attached hydrogens (primary N) is 1. The van der Waals surface area contributed by atoms with Gasteiger partial charge in [0.05, 0.1) is 11.9 Å². The molecular weight excluding hydrogens is 164 g/mol. The molecule has 1 saturated heterocycles. The number of primary amides is 1. The number of nitrogens with one attached hydrogen (secondary N) is 1. The van der Waals surface area contributed by atoms with E-state index in [0.717, 1.165) is 6.54 Å². The normalized spacial score (nSPS) is 30.6. The first-order valence-electron chi connectivity index (χ1n) is 3.49. The lowest BCUT2D eigenvalue weighted by molar-refractivity contribution is -0.115. The summed E-state index contributed by atoms with van der Waals surface area (Å²) in [6.45, 7) is 1.38. The van der Waals surface area contributed by atoms with E-state index in [4.69, 9.17) is 5.73 Å². The third-order valence-corrected chi connectivity index (χ3v) is 2.93.